The van der Waals surface area contributed by atoms with Gasteiger partial charge in [-0.05, 0) is 44.4 Å². The Bertz CT molecular complexity index is 1110. The molecule has 2 aromatic rings. The maximum absolute atomic E-state index is 15.5. The number of pyridine rings is 1. The number of fused-ring (bicyclic) bond motifs is 2. The third-order valence-electron chi connectivity index (χ3n) is 6.98. The van der Waals surface area contributed by atoms with Gasteiger partial charge in [0.2, 0.25) is 5.43 Å². The van der Waals surface area contributed by atoms with E-state index in [-0.39, 0.29) is 33.6 Å². The molecule has 2 saturated carbocycles. The summed E-state index contributed by atoms with van der Waals surface area (Å²) in [5.74, 6) is -0.939. The molecule has 5 rings (SSSR count). The second-order valence-corrected chi connectivity index (χ2v) is 9.08. The summed E-state index contributed by atoms with van der Waals surface area (Å²) in [7, 11) is 0. The minimum atomic E-state index is -1.31. The van der Waals surface area contributed by atoms with E-state index in [4.69, 9.17) is 17.3 Å². The van der Waals surface area contributed by atoms with E-state index in [2.05, 4.69) is 0 Å². The summed E-state index contributed by atoms with van der Waals surface area (Å²) >= 11 is 6.75. The van der Waals surface area contributed by atoms with E-state index in [0.717, 1.165) is 25.7 Å². The van der Waals surface area contributed by atoms with E-state index in [0.29, 0.717) is 36.1 Å². The van der Waals surface area contributed by atoms with Crippen molar-refractivity contribution in [3.8, 4) is 0 Å². The molecule has 0 bridgehead atoms. The predicted molar refractivity (Wildman–Crippen MR) is 110 cm³/mol. The molecule has 1 aliphatic heterocycles. The number of anilines is 1. The van der Waals surface area contributed by atoms with E-state index in [1.165, 1.54) is 13.1 Å². The predicted octanol–water partition coefficient (Wildman–Crippen LogP) is 3.31. The van der Waals surface area contributed by atoms with Crippen LogP contribution in [-0.4, -0.2) is 34.8 Å². The second kappa shape index (κ2) is 6.44. The molecule has 3 aliphatic rings. The van der Waals surface area contributed by atoms with Crippen molar-refractivity contribution < 1.29 is 14.3 Å². The van der Waals surface area contributed by atoms with Gasteiger partial charge in [0.15, 0.2) is 5.82 Å². The number of nitrogens with zero attached hydrogens (tertiary/aromatic N) is 2. The minimum absolute atomic E-state index is 0.0679. The monoisotopic (exact) mass is 419 g/mol. The first-order valence-corrected chi connectivity index (χ1v) is 10.5. The van der Waals surface area contributed by atoms with Gasteiger partial charge in [0.1, 0.15) is 5.56 Å². The van der Waals surface area contributed by atoms with Crippen LogP contribution in [0.2, 0.25) is 5.02 Å². The van der Waals surface area contributed by atoms with Gasteiger partial charge in [-0.3, -0.25) is 4.79 Å². The maximum Gasteiger partial charge on any atom is 0.341 e. The molecule has 0 spiro atoms. The number of carboxylic acids is 1. The molecule has 0 radical (unpaired) electrons. The molecule has 3 fully saturated rings. The van der Waals surface area contributed by atoms with E-state index in [9.17, 15) is 14.7 Å². The van der Waals surface area contributed by atoms with Crippen LogP contribution in [0.3, 0.4) is 0 Å². The zero-order chi connectivity index (χ0) is 20.6. The van der Waals surface area contributed by atoms with E-state index in [1.54, 1.807) is 4.57 Å². The fourth-order valence-electron chi connectivity index (χ4n) is 5.11. The molecule has 0 amide bonds. The van der Waals surface area contributed by atoms with Crippen molar-refractivity contribution in [3.63, 3.8) is 0 Å². The highest BCUT2D eigenvalue weighted by Crippen LogP contribution is 2.46. The Kier molecular flexibility index (Phi) is 4.19. The second-order valence-electron chi connectivity index (χ2n) is 8.70. The number of hydrogen-bond donors (Lipinski definition) is 2. The number of benzene rings is 1. The number of aryl methyl sites for hydroxylation is 1. The van der Waals surface area contributed by atoms with Crippen molar-refractivity contribution in [2.24, 2.45) is 17.6 Å². The molecule has 6 nitrogen and oxygen atoms in total. The smallest absolute Gasteiger partial charge is 0.341 e. The summed E-state index contributed by atoms with van der Waals surface area (Å²) in [6.07, 6.45) is 5.08. The van der Waals surface area contributed by atoms with Crippen LogP contribution in [0.5, 0.6) is 0 Å². The van der Waals surface area contributed by atoms with Gasteiger partial charge in [-0.25, -0.2) is 9.18 Å². The Morgan fingerprint density at radius 1 is 1.34 bits per heavy atom. The Hall–Kier alpha value is -2.12. The number of aromatic nitrogens is 1. The van der Waals surface area contributed by atoms with Crippen LogP contribution in [0.15, 0.2) is 11.0 Å². The SMILES string of the molecule is Cc1c(F)c(N2CC[C@@H]3C[C@H](N)[C@@H]3C2)c(Cl)c2c1c(=O)c(C(=O)O)cn2C1CC1. The zero-order valence-electron chi connectivity index (χ0n) is 16.1. The van der Waals surface area contributed by atoms with E-state index in [1.807, 2.05) is 4.90 Å². The molecular weight excluding hydrogens is 397 g/mol. The fourth-order valence-corrected chi connectivity index (χ4v) is 5.51. The molecule has 1 aromatic heterocycles. The van der Waals surface area contributed by atoms with Crippen molar-refractivity contribution in [1.29, 1.82) is 0 Å². The van der Waals surface area contributed by atoms with Gasteiger partial charge in [-0.2, -0.15) is 0 Å². The molecule has 1 aromatic carbocycles. The summed E-state index contributed by atoms with van der Waals surface area (Å²) in [6, 6.07) is 0.214. The zero-order valence-corrected chi connectivity index (χ0v) is 16.9. The number of carbonyl (C=O) groups is 1. The molecule has 154 valence electrons. The number of nitrogens with two attached hydrogens (primary N) is 1. The summed E-state index contributed by atoms with van der Waals surface area (Å²) in [4.78, 5) is 26.4. The average Bonchev–Trinajstić information content (AvgIpc) is 3.51. The van der Waals surface area contributed by atoms with Crippen molar-refractivity contribution in [3.05, 3.63) is 38.4 Å². The highest BCUT2D eigenvalue weighted by Gasteiger charge is 2.43. The van der Waals surface area contributed by atoms with Gasteiger partial charge in [0, 0.05) is 36.9 Å². The lowest BCUT2D eigenvalue weighted by molar-refractivity contribution is 0.0695. The minimum Gasteiger partial charge on any atom is -0.477 e. The first-order valence-electron chi connectivity index (χ1n) is 10.1. The number of hydrogen-bond acceptors (Lipinski definition) is 4. The average molecular weight is 420 g/mol. The number of rotatable bonds is 3. The maximum atomic E-state index is 15.5. The van der Waals surface area contributed by atoms with Crippen LogP contribution < -0.4 is 16.1 Å². The van der Waals surface area contributed by atoms with Crippen LogP contribution in [0, 0.1) is 24.6 Å². The summed E-state index contributed by atoms with van der Waals surface area (Å²) in [5.41, 5.74) is 6.02. The molecule has 0 unspecified atom stereocenters. The van der Waals surface area contributed by atoms with Crippen LogP contribution in [0.4, 0.5) is 10.1 Å². The Morgan fingerprint density at radius 3 is 2.69 bits per heavy atom. The van der Waals surface area contributed by atoms with Crippen LogP contribution in [0.25, 0.3) is 10.9 Å². The molecule has 29 heavy (non-hydrogen) atoms. The molecule has 3 atom stereocenters. The topological polar surface area (TPSA) is 88.6 Å². The molecule has 8 heteroatoms. The first-order chi connectivity index (χ1) is 13.8. The quantitative estimate of drug-likeness (QED) is 0.796. The first kappa shape index (κ1) is 18.9. The molecule has 2 aliphatic carbocycles. The Labute approximate surface area is 172 Å². The van der Waals surface area contributed by atoms with Gasteiger partial charge < -0.3 is 20.3 Å². The van der Waals surface area contributed by atoms with Crippen molar-refractivity contribution in [2.45, 2.75) is 44.7 Å². The molecule has 2 heterocycles. The Balaban J connectivity index is 1.75. The summed E-state index contributed by atoms with van der Waals surface area (Å²) < 4.78 is 17.3. The van der Waals surface area contributed by atoms with Gasteiger partial charge >= 0.3 is 5.97 Å². The lowest BCUT2D eigenvalue weighted by Crippen LogP contribution is -2.57. The van der Waals surface area contributed by atoms with Gasteiger partial charge in [-0.1, -0.05) is 11.6 Å². The summed E-state index contributed by atoms with van der Waals surface area (Å²) in [5, 5.41) is 9.72. The van der Waals surface area contributed by atoms with Gasteiger partial charge in [0.05, 0.1) is 21.6 Å². The lowest BCUT2D eigenvalue weighted by atomic mass is 9.66. The normalized spacial score (nSPS) is 26.3. The van der Waals surface area contributed by atoms with Gasteiger partial charge in [0.25, 0.3) is 0 Å². The highest BCUT2D eigenvalue weighted by molar-refractivity contribution is 6.38. The third-order valence-corrected chi connectivity index (χ3v) is 7.34. The molecule has 1 saturated heterocycles. The van der Waals surface area contributed by atoms with Crippen LogP contribution in [0.1, 0.15) is 47.6 Å². The number of halogens is 2. The third kappa shape index (κ3) is 2.70. The lowest BCUT2D eigenvalue weighted by Gasteiger charge is -2.50. The van der Waals surface area contributed by atoms with Crippen LogP contribution in [-0.2, 0) is 0 Å². The van der Waals surface area contributed by atoms with E-state index >= 15 is 4.39 Å². The van der Waals surface area contributed by atoms with Gasteiger partial charge in [-0.15, -0.1) is 0 Å². The standard InChI is InChI=1S/C21H23ClFN3O3/c1-9-15-18(26(11-2-3-11)8-13(20(15)27)21(28)29)16(22)19(17(9)23)25-5-4-10-6-14(24)12(10)7-25/h8,10-12,14H,2-7,24H2,1H3,(H,28,29)/t10-,12-,14+/m1/s1. The number of carboxylic acid groups (broad SMARTS) is 1. The summed E-state index contributed by atoms with van der Waals surface area (Å²) in [6.45, 7) is 2.87. The highest BCUT2D eigenvalue weighted by atomic mass is 35.5. The fraction of sp³-hybridized carbons (Fsp3) is 0.524. The molecule has 3 N–H and O–H groups in total. The number of aromatic carboxylic acids is 1. The Morgan fingerprint density at radius 2 is 2.07 bits per heavy atom. The van der Waals surface area contributed by atoms with Crippen molar-refractivity contribution >= 4 is 34.2 Å². The van der Waals surface area contributed by atoms with Crippen molar-refractivity contribution in [1.82, 2.24) is 4.57 Å². The number of piperidine rings is 1. The van der Waals surface area contributed by atoms with E-state index < -0.39 is 17.2 Å². The van der Waals surface area contributed by atoms with Crippen molar-refractivity contribution in [2.75, 3.05) is 18.0 Å². The molecular formula is C21H23ClFN3O3. The van der Waals surface area contributed by atoms with Crippen LogP contribution >= 0.6 is 11.6 Å². The largest absolute Gasteiger partial charge is 0.477 e.